The first-order valence-corrected chi connectivity index (χ1v) is 6.76. The molecule has 2 rings (SSSR count). The average molecular weight is 350 g/mol. The molecular formula is C16H12F6O2. The lowest BCUT2D eigenvalue weighted by atomic mass is 10.2. The molecule has 0 aliphatic heterocycles. The van der Waals surface area contributed by atoms with Crippen LogP contribution in [0.4, 0.5) is 26.3 Å². The number of hydrogen-bond acceptors (Lipinski definition) is 2. The summed E-state index contributed by atoms with van der Waals surface area (Å²) >= 11 is 0. The van der Waals surface area contributed by atoms with Gasteiger partial charge in [0.1, 0.15) is 24.7 Å². The summed E-state index contributed by atoms with van der Waals surface area (Å²) in [4.78, 5) is 0. The van der Waals surface area contributed by atoms with Crippen molar-refractivity contribution in [3.05, 3.63) is 59.7 Å². The van der Waals surface area contributed by atoms with Crippen molar-refractivity contribution < 1.29 is 35.8 Å². The highest BCUT2D eigenvalue weighted by molar-refractivity contribution is 5.29. The van der Waals surface area contributed by atoms with Gasteiger partial charge in [-0.3, -0.25) is 0 Å². The molecule has 0 atom stereocenters. The van der Waals surface area contributed by atoms with E-state index in [1.54, 1.807) is 0 Å². The summed E-state index contributed by atoms with van der Waals surface area (Å²) in [6, 6.07) is 8.31. The van der Waals surface area contributed by atoms with Gasteiger partial charge in [-0.25, -0.2) is 0 Å². The smallest absolute Gasteiger partial charge is 0.416 e. The topological polar surface area (TPSA) is 18.5 Å². The van der Waals surface area contributed by atoms with Crippen molar-refractivity contribution in [1.82, 2.24) is 0 Å². The van der Waals surface area contributed by atoms with Gasteiger partial charge in [0.2, 0.25) is 0 Å². The second-order valence-corrected chi connectivity index (χ2v) is 4.74. The van der Waals surface area contributed by atoms with Gasteiger partial charge < -0.3 is 9.47 Å². The summed E-state index contributed by atoms with van der Waals surface area (Å²) in [6.45, 7) is 0.0682. The van der Waals surface area contributed by atoms with E-state index in [1.807, 2.05) is 0 Å². The lowest BCUT2D eigenvalue weighted by Crippen LogP contribution is -2.10. The maximum absolute atomic E-state index is 12.4. The minimum absolute atomic E-state index is 0.0341. The molecule has 0 saturated heterocycles. The highest BCUT2D eigenvalue weighted by Gasteiger charge is 2.30. The molecule has 2 nitrogen and oxygen atoms in total. The minimum atomic E-state index is -4.41. The van der Waals surface area contributed by atoms with Gasteiger partial charge in [-0.2, -0.15) is 26.3 Å². The molecule has 0 N–H and O–H groups in total. The third kappa shape index (κ3) is 5.07. The lowest BCUT2D eigenvalue weighted by molar-refractivity contribution is -0.138. The zero-order valence-electron chi connectivity index (χ0n) is 12.1. The Morgan fingerprint density at radius 1 is 0.542 bits per heavy atom. The molecule has 0 aliphatic carbocycles. The van der Waals surface area contributed by atoms with Crippen molar-refractivity contribution in [2.45, 2.75) is 12.4 Å². The Hall–Kier alpha value is -2.38. The Bertz CT molecular complexity index is 585. The zero-order chi connectivity index (χ0) is 17.8. The van der Waals surface area contributed by atoms with E-state index in [9.17, 15) is 26.3 Å². The van der Waals surface area contributed by atoms with Crippen LogP contribution in [0.25, 0.3) is 0 Å². The van der Waals surface area contributed by atoms with Crippen molar-refractivity contribution in [1.29, 1.82) is 0 Å². The van der Waals surface area contributed by atoms with E-state index in [-0.39, 0.29) is 24.7 Å². The van der Waals surface area contributed by atoms with Gasteiger partial charge in [-0.05, 0) is 48.5 Å². The number of hydrogen-bond donors (Lipinski definition) is 0. The Morgan fingerprint density at radius 3 is 1.08 bits per heavy atom. The predicted octanol–water partition coefficient (Wildman–Crippen LogP) is 5.18. The van der Waals surface area contributed by atoms with E-state index in [0.29, 0.717) is 0 Å². The van der Waals surface area contributed by atoms with Crippen molar-refractivity contribution in [3.63, 3.8) is 0 Å². The third-order valence-electron chi connectivity index (χ3n) is 2.98. The second kappa shape index (κ2) is 7.02. The molecule has 0 bridgehead atoms. The Labute approximate surface area is 133 Å². The van der Waals surface area contributed by atoms with Crippen LogP contribution in [-0.2, 0) is 12.4 Å². The van der Waals surface area contributed by atoms with E-state index >= 15 is 0 Å². The van der Waals surface area contributed by atoms with Crippen molar-refractivity contribution in [2.24, 2.45) is 0 Å². The first kappa shape index (κ1) is 18.0. The second-order valence-electron chi connectivity index (χ2n) is 4.74. The minimum Gasteiger partial charge on any atom is -0.490 e. The molecule has 0 aromatic heterocycles. The largest absolute Gasteiger partial charge is 0.490 e. The van der Waals surface area contributed by atoms with Gasteiger partial charge in [-0.1, -0.05) is 0 Å². The summed E-state index contributed by atoms with van der Waals surface area (Å²) in [5.74, 6) is 0.470. The molecule has 2 aromatic carbocycles. The third-order valence-corrected chi connectivity index (χ3v) is 2.98. The molecule has 8 heteroatoms. The van der Waals surface area contributed by atoms with Crippen LogP contribution in [0.5, 0.6) is 11.5 Å². The average Bonchev–Trinajstić information content (AvgIpc) is 2.51. The van der Waals surface area contributed by atoms with Gasteiger partial charge in [0.15, 0.2) is 0 Å². The Kier molecular flexibility index (Phi) is 5.26. The predicted molar refractivity (Wildman–Crippen MR) is 73.9 cm³/mol. The number of alkyl halides is 6. The molecule has 2 aromatic rings. The SMILES string of the molecule is FC(F)(F)c1ccc(OCCOc2ccc(C(F)(F)F)cc2)cc1. The molecule has 0 saturated carbocycles. The fraction of sp³-hybridized carbons (Fsp3) is 0.250. The van der Waals surface area contributed by atoms with E-state index < -0.39 is 23.5 Å². The van der Waals surface area contributed by atoms with Gasteiger partial charge in [-0.15, -0.1) is 0 Å². The maximum Gasteiger partial charge on any atom is 0.416 e. The van der Waals surface area contributed by atoms with E-state index in [1.165, 1.54) is 24.3 Å². The van der Waals surface area contributed by atoms with Crippen LogP contribution in [0.2, 0.25) is 0 Å². The van der Waals surface area contributed by atoms with Crippen LogP contribution < -0.4 is 9.47 Å². The summed E-state index contributed by atoms with van der Waals surface area (Å²) in [5, 5.41) is 0. The van der Waals surface area contributed by atoms with Crippen LogP contribution in [0, 0.1) is 0 Å². The highest BCUT2D eigenvalue weighted by atomic mass is 19.4. The number of ether oxygens (including phenoxy) is 2. The number of halogens is 6. The fourth-order valence-corrected chi connectivity index (χ4v) is 1.80. The normalized spacial score (nSPS) is 12.1. The number of rotatable bonds is 5. The molecule has 0 heterocycles. The van der Waals surface area contributed by atoms with Gasteiger partial charge in [0, 0.05) is 0 Å². The van der Waals surface area contributed by atoms with Crippen LogP contribution >= 0.6 is 0 Å². The maximum atomic E-state index is 12.4. The van der Waals surface area contributed by atoms with Crippen molar-refractivity contribution >= 4 is 0 Å². The van der Waals surface area contributed by atoms with Crippen molar-refractivity contribution in [3.8, 4) is 11.5 Å². The fourth-order valence-electron chi connectivity index (χ4n) is 1.80. The number of benzene rings is 2. The molecule has 0 aliphatic rings. The first-order chi connectivity index (χ1) is 11.2. The van der Waals surface area contributed by atoms with Crippen molar-refractivity contribution in [2.75, 3.05) is 13.2 Å². The van der Waals surface area contributed by atoms with Gasteiger partial charge >= 0.3 is 12.4 Å². The van der Waals surface area contributed by atoms with Crippen LogP contribution in [0.3, 0.4) is 0 Å². The lowest BCUT2D eigenvalue weighted by Gasteiger charge is -2.11. The van der Waals surface area contributed by atoms with Crippen LogP contribution in [0.1, 0.15) is 11.1 Å². The van der Waals surface area contributed by atoms with Gasteiger partial charge in [0.05, 0.1) is 11.1 Å². The molecule has 0 amide bonds. The first-order valence-electron chi connectivity index (χ1n) is 6.76. The van der Waals surface area contributed by atoms with E-state index in [0.717, 1.165) is 24.3 Å². The standard InChI is InChI=1S/C16H12F6O2/c17-15(18,19)11-1-5-13(6-2-11)23-9-10-24-14-7-3-12(4-8-14)16(20,21)22/h1-8H,9-10H2. The summed E-state index contributed by atoms with van der Waals surface area (Å²) < 4.78 is 84.7. The quantitative estimate of drug-likeness (QED) is 0.546. The summed E-state index contributed by atoms with van der Waals surface area (Å²) in [5.41, 5.74) is -1.56. The molecule has 24 heavy (non-hydrogen) atoms. The molecule has 130 valence electrons. The van der Waals surface area contributed by atoms with Crippen LogP contribution in [-0.4, -0.2) is 13.2 Å². The molecular weight excluding hydrogens is 338 g/mol. The molecule has 0 fully saturated rings. The highest BCUT2D eigenvalue weighted by Crippen LogP contribution is 2.31. The molecule has 0 unspecified atom stereocenters. The van der Waals surface area contributed by atoms with Gasteiger partial charge in [0.25, 0.3) is 0 Å². The summed E-state index contributed by atoms with van der Waals surface area (Å²) in [7, 11) is 0. The molecule has 0 spiro atoms. The van der Waals surface area contributed by atoms with Crippen LogP contribution in [0.15, 0.2) is 48.5 Å². The Balaban J connectivity index is 1.79. The monoisotopic (exact) mass is 350 g/mol. The Morgan fingerprint density at radius 2 is 0.833 bits per heavy atom. The van der Waals surface area contributed by atoms with E-state index in [2.05, 4.69) is 0 Å². The summed E-state index contributed by atoms with van der Waals surface area (Å²) in [6.07, 6.45) is -8.82. The zero-order valence-corrected chi connectivity index (χ0v) is 12.1. The molecule has 0 radical (unpaired) electrons. The van der Waals surface area contributed by atoms with E-state index in [4.69, 9.17) is 9.47 Å².